The Morgan fingerprint density at radius 2 is 2.11 bits per heavy atom. The van der Waals surface area contributed by atoms with Crippen molar-refractivity contribution in [2.24, 2.45) is 5.92 Å². The van der Waals surface area contributed by atoms with Crippen LogP contribution in [0.5, 0.6) is 5.75 Å². The topological polar surface area (TPSA) is 97.0 Å². The Labute approximate surface area is 172 Å². The van der Waals surface area contributed by atoms with Crippen LogP contribution in [0.25, 0.3) is 0 Å². The van der Waals surface area contributed by atoms with E-state index in [4.69, 9.17) is 9.47 Å². The maximum Gasteiger partial charge on any atom is 0.246 e. The van der Waals surface area contributed by atoms with Gasteiger partial charge in [-0.2, -0.15) is 4.31 Å². The molecule has 0 saturated carbocycles. The van der Waals surface area contributed by atoms with Gasteiger partial charge in [-0.05, 0) is 50.0 Å². The molecule has 2 aliphatic rings. The highest BCUT2D eigenvalue weighted by molar-refractivity contribution is 7.89. The number of nitrogens with one attached hydrogen (secondary N) is 2. The number of benzene rings is 1. The lowest BCUT2D eigenvalue weighted by Gasteiger charge is -2.26. The van der Waals surface area contributed by atoms with Crippen LogP contribution in [-0.2, 0) is 19.6 Å². The quantitative estimate of drug-likeness (QED) is 0.675. The van der Waals surface area contributed by atoms with E-state index >= 15 is 0 Å². The van der Waals surface area contributed by atoms with Gasteiger partial charge in [-0.25, -0.2) is 8.42 Å². The van der Waals surface area contributed by atoms with Gasteiger partial charge in [0, 0.05) is 25.2 Å². The second-order valence-corrected chi connectivity index (χ2v) is 8.73. The Bertz CT molecular complexity index is 762. The molecule has 1 aromatic carbocycles. The Kier molecular flexibility index (Phi) is 8.51. The standard InChI is InChI=1S/C18H27N3O5S.ClH/c1-25-16-4-3-15(20-18(22)5-2-14-6-7-19-13-14)12-17(16)27(23,24)21-8-10-26-11-9-21;/h3-4,12,14,19H,2,5-11,13H2,1H3,(H,20,22);1H. The predicted molar refractivity (Wildman–Crippen MR) is 109 cm³/mol. The van der Waals surface area contributed by atoms with E-state index < -0.39 is 10.0 Å². The van der Waals surface area contributed by atoms with Crippen molar-refractivity contribution in [2.45, 2.75) is 24.2 Å². The summed E-state index contributed by atoms with van der Waals surface area (Å²) in [6, 6.07) is 4.70. The number of amides is 1. The molecule has 2 saturated heterocycles. The number of carbonyl (C=O) groups is 1. The lowest BCUT2D eigenvalue weighted by atomic mass is 10.0. The van der Waals surface area contributed by atoms with Crippen LogP contribution in [0.3, 0.4) is 0 Å². The van der Waals surface area contributed by atoms with Gasteiger partial charge in [0.05, 0.1) is 20.3 Å². The second-order valence-electron chi connectivity index (χ2n) is 6.83. The fourth-order valence-electron chi connectivity index (χ4n) is 3.40. The molecule has 8 nitrogen and oxygen atoms in total. The molecule has 3 rings (SSSR count). The molecule has 2 aliphatic heterocycles. The summed E-state index contributed by atoms with van der Waals surface area (Å²) < 4.78 is 37.8. The van der Waals surface area contributed by atoms with Crippen molar-refractivity contribution in [2.75, 3.05) is 51.8 Å². The van der Waals surface area contributed by atoms with Crippen LogP contribution in [0.2, 0.25) is 0 Å². The molecule has 28 heavy (non-hydrogen) atoms. The van der Waals surface area contributed by atoms with Gasteiger partial charge in [0.2, 0.25) is 15.9 Å². The Morgan fingerprint density at radius 1 is 1.36 bits per heavy atom. The molecule has 0 bridgehead atoms. The molecule has 0 aliphatic carbocycles. The Balaban J connectivity index is 0.00000280. The van der Waals surface area contributed by atoms with Gasteiger partial charge < -0.3 is 20.1 Å². The van der Waals surface area contributed by atoms with Crippen LogP contribution < -0.4 is 15.4 Å². The van der Waals surface area contributed by atoms with Crippen molar-refractivity contribution >= 4 is 34.0 Å². The number of hydrogen-bond donors (Lipinski definition) is 2. The smallest absolute Gasteiger partial charge is 0.246 e. The summed E-state index contributed by atoms with van der Waals surface area (Å²) in [5.74, 6) is 0.683. The maximum absolute atomic E-state index is 13.0. The fraction of sp³-hybridized carbons (Fsp3) is 0.611. The molecular weight excluding hydrogens is 406 g/mol. The molecule has 10 heteroatoms. The van der Waals surface area contributed by atoms with E-state index in [1.807, 2.05) is 0 Å². The van der Waals surface area contributed by atoms with Crippen molar-refractivity contribution in [3.05, 3.63) is 18.2 Å². The van der Waals surface area contributed by atoms with Crippen LogP contribution in [0.4, 0.5) is 5.69 Å². The molecule has 0 aromatic heterocycles. The molecule has 0 spiro atoms. The first-order valence-electron chi connectivity index (χ1n) is 9.27. The molecule has 2 N–H and O–H groups in total. The molecule has 1 aromatic rings. The molecule has 1 atom stereocenters. The van der Waals surface area contributed by atoms with Gasteiger partial charge in [-0.15, -0.1) is 12.4 Å². The molecule has 0 radical (unpaired) electrons. The van der Waals surface area contributed by atoms with Gasteiger partial charge in [0.1, 0.15) is 10.6 Å². The monoisotopic (exact) mass is 433 g/mol. The summed E-state index contributed by atoms with van der Waals surface area (Å²) in [5.41, 5.74) is 0.456. The van der Waals surface area contributed by atoms with Crippen LogP contribution in [0, 0.1) is 5.92 Å². The van der Waals surface area contributed by atoms with E-state index in [0.717, 1.165) is 25.9 Å². The molecule has 2 heterocycles. The summed E-state index contributed by atoms with van der Waals surface area (Å²) in [6.07, 6.45) is 2.34. The summed E-state index contributed by atoms with van der Waals surface area (Å²) >= 11 is 0. The van der Waals surface area contributed by atoms with Crippen LogP contribution in [0.1, 0.15) is 19.3 Å². The minimum absolute atomic E-state index is 0. The largest absolute Gasteiger partial charge is 0.495 e. The zero-order chi connectivity index (χ0) is 19.3. The van der Waals surface area contributed by atoms with Crippen molar-refractivity contribution in [1.82, 2.24) is 9.62 Å². The fourth-order valence-corrected chi connectivity index (χ4v) is 4.99. The highest BCUT2D eigenvalue weighted by atomic mass is 35.5. The number of carbonyl (C=O) groups excluding carboxylic acids is 1. The summed E-state index contributed by atoms with van der Waals surface area (Å²) in [6.45, 7) is 3.31. The molecule has 1 amide bonds. The van der Waals surface area contributed by atoms with E-state index in [9.17, 15) is 13.2 Å². The van der Waals surface area contributed by atoms with Crippen molar-refractivity contribution < 1.29 is 22.7 Å². The van der Waals surface area contributed by atoms with Crippen LogP contribution in [-0.4, -0.2) is 65.1 Å². The number of hydrogen-bond acceptors (Lipinski definition) is 6. The summed E-state index contributed by atoms with van der Waals surface area (Å²) in [4.78, 5) is 12.3. The predicted octanol–water partition coefficient (Wildman–Crippen LogP) is 1.47. The van der Waals surface area contributed by atoms with Gasteiger partial charge in [-0.1, -0.05) is 0 Å². The van der Waals surface area contributed by atoms with Crippen molar-refractivity contribution in [1.29, 1.82) is 0 Å². The van der Waals surface area contributed by atoms with Gasteiger partial charge in [0.25, 0.3) is 0 Å². The van der Waals surface area contributed by atoms with Gasteiger partial charge >= 0.3 is 0 Å². The van der Waals surface area contributed by atoms with E-state index in [1.165, 1.54) is 17.5 Å². The third-order valence-electron chi connectivity index (χ3n) is 4.98. The minimum atomic E-state index is -3.72. The normalized spacial score (nSPS) is 20.4. The number of anilines is 1. The van der Waals surface area contributed by atoms with Crippen LogP contribution >= 0.6 is 12.4 Å². The number of rotatable bonds is 7. The van der Waals surface area contributed by atoms with Crippen molar-refractivity contribution in [3.8, 4) is 5.75 Å². The zero-order valence-corrected chi connectivity index (χ0v) is 17.6. The molecule has 158 valence electrons. The number of morpholine rings is 1. The Morgan fingerprint density at radius 3 is 2.75 bits per heavy atom. The third kappa shape index (κ3) is 5.57. The minimum Gasteiger partial charge on any atom is -0.495 e. The first kappa shape index (κ1) is 22.9. The number of halogens is 1. The second kappa shape index (κ2) is 10.4. The SMILES string of the molecule is COc1ccc(NC(=O)CCC2CCNC2)cc1S(=O)(=O)N1CCOCC1.Cl. The highest BCUT2D eigenvalue weighted by Gasteiger charge is 2.29. The number of methoxy groups -OCH3 is 1. The maximum atomic E-state index is 13.0. The highest BCUT2D eigenvalue weighted by Crippen LogP contribution is 2.30. The Hall–Kier alpha value is -1.39. The zero-order valence-electron chi connectivity index (χ0n) is 16.0. The lowest BCUT2D eigenvalue weighted by molar-refractivity contribution is -0.116. The average Bonchev–Trinajstić information content (AvgIpc) is 3.21. The summed E-state index contributed by atoms with van der Waals surface area (Å²) in [7, 11) is -2.29. The van der Waals surface area contributed by atoms with Crippen LogP contribution in [0.15, 0.2) is 23.1 Å². The van der Waals surface area contributed by atoms with E-state index in [-0.39, 0.29) is 29.0 Å². The molecule has 2 fully saturated rings. The van der Waals surface area contributed by atoms with E-state index in [2.05, 4.69) is 10.6 Å². The van der Waals surface area contributed by atoms with Gasteiger partial charge in [-0.3, -0.25) is 4.79 Å². The lowest BCUT2D eigenvalue weighted by Crippen LogP contribution is -2.40. The third-order valence-corrected chi connectivity index (χ3v) is 6.90. The number of sulfonamides is 1. The van der Waals surface area contributed by atoms with Crippen molar-refractivity contribution in [3.63, 3.8) is 0 Å². The van der Waals surface area contributed by atoms with Gasteiger partial charge in [0.15, 0.2) is 0 Å². The van der Waals surface area contributed by atoms with E-state index in [1.54, 1.807) is 12.1 Å². The first-order chi connectivity index (χ1) is 13.0. The number of ether oxygens (including phenoxy) is 2. The average molecular weight is 434 g/mol. The summed E-state index contributed by atoms with van der Waals surface area (Å²) in [5, 5.41) is 6.10. The molecular formula is C18H28ClN3O5S. The molecule has 1 unspecified atom stereocenters. The number of nitrogens with zero attached hydrogens (tertiary/aromatic N) is 1. The van der Waals surface area contributed by atoms with E-state index in [0.29, 0.717) is 44.3 Å². The first-order valence-corrected chi connectivity index (χ1v) is 10.7.